The lowest BCUT2D eigenvalue weighted by Gasteiger charge is -2.14. The maximum absolute atomic E-state index is 12.2. The Bertz CT molecular complexity index is 596. The monoisotopic (exact) mass is 256 g/mol. The van der Waals surface area contributed by atoms with Crippen molar-refractivity contribution in [2.45, 2.75) is 32.6 Å². The van der Waals surface area contributed by atoms with Crippen LogP contribution >= 0.6 is 0 Å². The van der Waals surface area contributed by atoms with Gasteiger partial charge in [-0.05, 0) is 48.9 Å². The highest BCUT2D eigenvalue weighted by atomic mass is 16.1. The van der Waals surface area contributed by atoms with E-state index in [4.69, 9.17) is 0 Å². The van der Waals surface area contributed by atoms with Crippen LogP contribution in [0.5, 0.6) is 0 Å². The molecule has 0 radical (unpaired) electrons. The Morgan fingerprint density at radius 1 is 1.37 bits per heavy atom. The van der Waals surface area contributed by atoms with Gasteiger partial charge in [0, 0.05) is 29.2 Å². The van der Waals surface area contributed by atoms with Gasteiger partial charge in [-0.25, -0.2) is 0 Å². The Hall–Kier alpha value is -1.77. The summed E-state index contributed by atoms with van der Waals surface area (Å²) in [6, 6.07) is 7.78. The van der Waals surface area contributed by atoms with Crippen LogP contribution in [0.4, 0.5) is 0 Å². The molecule has 1 fully saturated rings. The minimum absolute atomic E-state index is 0.0467. The number of aromatic amines is 1. The summed E-state index contributed by atoms with van der Waals surface area (Å²) < 4.78 is 0. The molecule has 0 spiro atoms. The van der Waals surface area contributed by atoms with E-state index in [1.165, 1.54) is 25.7 Å². The summed E-state index contributed by atoms with van der Waals surface area (Å²) >= 11 is 0. The van der Waals surface area contributed by atoms with E-state index in [0.29, 0.717) is 5.41 Å². The molecule has 1 heterocycles. The first-order valence-corrected chi connectivity index (χ1v) is 7.08. The van der Waals surface area contributed by atoms with Gasteiger partial charge in [0.25, 0.3) is 5.91 Å². The molecule has 0 unspecified atom stereocenters. The van der Waals surface area contributed by atoms with Crippen LogP contribution < -0.4 is 5.32 Å². The van der Waals surface area contributed by atoms with E-state index in [9.17, 15) is 4.79 Å². The number of aromatic nitrogens is 1. The Kier molecular flexibility index (Phi) is 3.05. The van der Waals surface area contributed by atoms with Crippen molar-refractivity contribution in [2.24, 2.45) is 5.41 Å². The van der Waals surface area contributed by atoms with Crippen molar-refractivity contribution < 1.29 is 4.79 Å². The highest BCUT2D eigenvalue weighted by molar-refractivity contribution is 5.98. The van der Waals surface area contributed by atoms with Crippen molar-refractivity contribution in [1.82, 2.24) is 10.3 Å². The van der Waals surface area contributed by atoms with Crippen molar-refractivity contribution in [2.75, 3.05) is 6.54 Å². The van der Waals surface area contributed by atoms with Gasteiger partial charge in [-0.1, -0.05) is 13.3 Å². The van der Waals surface area contributed by atoms with E-state index in [2.05, 4.69) is 17.2 Å². The molecule has 3 nitrogen and oxygen atoms in total. The molecule has 2 aromatic rings. The molecule has 2 N–H and O–H groups in total. The second-order valence-corrected chi connectivity index (χ2v) is 5.71. The zero-order chi connectivity index (χ0) is 13.3. The van der Waals surface area contributed by atoms with Crippen molar-refractivity contribution in [3.05, 3.63) is 36.0 Å². The Morgan fingerprint density at radius 3 is 2.95 bits per heavy atom. The summed E-state index contributed by atoms with van der Waals surface area (Å²) in [5.41, 5.74) is 2.23. The number of carbonyl (C=O) groups is 1. The molecule has 0 aliphatic heterocycles. The SMILES string of the molecule is CCCC1(CNC(=O)c2ccc3[nH]ccc3c2)CC1. The zero-order valence-corrected chi connectivity index (χ0v) is 11.3. The average Bonchev–Trinajstić information content (AvgIpc) is 3.02. The second kappa shape index (κ2) is 4.72. The molecule has 1 saturated carbocycles. The third kappa shape index (κ3) is 2.50. The van der Waals surface area contributed by atoms with Gasteiger partial charge in [-0.15, -0.1) is 0 Å². The molecule has 100 valence electrons. The molecule has 1 aliphatic carbocycles. The third-order valence-corrected chi connectivity index (χ3v) is 4.18. The zero-order valence-electron chi connectivity index (χ0n) is 11.3. The van der Waals surface area contributed by atoms with Crippen LogP contribution in [0.3, 0.4) is 0 Å². The van der Waals surface area contributed by atoms with Gasteiger partial charge < -0.3 is 10.3 Å². The maximum atomic E-state index is 12.2. The Morgan fingerprint density at radius 2 is 2.21 bits per heavy atom. The molecule has 0 saturated heterocycles. The number of amides is 1. The predicted octanol–water partition coefficient (Wildman–Crippen LogP) is 3.48. The van der Waals surface area contributed by atoms with Crippen LogP contribution in [-0.2, 0) is 0 Å². The first-order chi connectivity index (χ1) is 9.22. The quantitative estimate of drug-likeness (QED) is 0.845. The molecular formula is C16H20N2O. The smallest absolute Gasteiger partial charge is 0.251 e. The maximum Gasteiger partial charge on any atom is 0.251 e. The number of nitrogens with one attached hydrogen (secondary N) is 2. The van der Waals surface area contributed by atoms with E-state index in [1.807, 2.05) is 30.5 Å². The van der Waals surface area contributed by atoms with Crippen LogP contribution in [0.15, 0.2) is 30.5 Å². The lowest BCUT2D eigenvalue weighted by atomic mass is 10.0. The van der Waals surface area contributed by atoms with Gasteiger partial charge in [0.1, 0.15) is 0 Å². The lowest BCUT2D eigenvalue weighted by Crippen LogP contribution is -2.30. The highest BCUT2D eigenvalue weighted by Gasteiger charge is 2.41. The number of rotatable bonds is 5. The fourth-order valence-corrected chi connectivity index (χ4v) is 2.79. The van der Waals surface area contributed by atoms with Gasteiger partial charge in [-0.3, -0.25) is 4.79 Å². The van der Waals surface area contributed by atoms with Crippen molar-refractivity contribution in [1.29, 1.82) is 0 Å². The third-order valence-electron chi connectivity index (χ3n) is 4.18. The second-order valence-electron chi connectivity index (χ2n) is 5.71. The Balaban J connectivity index is 1.66. The molecule has 1 aliphatic rings. The van der Waals surface area contributed by atoms with Gasteiger partial charge in [0.05, 0.1) is 0 Å². The van der Waals surface area contributed by atoms with Crippen LogP contribution in [0.2, 0.25) is 0 Å². The summed E-state index contributed by atoms with van der Waals surface area (Å²) in [7, 11) is 0. The summed E-state index contributed by atoms with van der Waals surface area (Å²) in [4.78, 5) is 15.3. The summed E-state index contributed by atoms with van der Waals surface area (Å²) in [6.07, 6.45) is 6.85. The minimum Gasteiger partial charge on any atom is -0.361 e. The number of H-pyrrole nitrogens is 1. The van der Waals surface area contributed by atoms with Crippen molar-refractivity contribution in [3.63, 3.8) is 0 Å². The topological polar surface area (TPSA) is 44.9 Å². The first-order valence-electron chi connectivity index (χ1n) is 7.08. The van der Waals surface area contributed by atoms with Crippen LogP contribution in [0.1, 0.15) is 43.0 Å². The summed E-state index contributed by atoms with van der Waals surface area (Å²) in [5, 5.41) is 4.18. The lowest BCUT2D eigenvalue weighted by molar-refractivity contribution is 0.0944. The van der Waals surface area contributed by atoms with E-state index in [0.717, 1.165) is 23.0 Å². The standard InChI is InChI=1S/C16H20N2O/c1-2-6-16(7-8-16)11-18-15(19)13-3-4-14-12(10-13)5-9-17-14/h3-5,9-10,17H,2,6-8,11H2,1H3,(H,18,19). The van der Waals surface area contributed by atoms with Crippen molar-refractivity contribution >= 4 is 16.8 Å². The van der Waals surface area contributed by atoms with Gasteiger partial charge in [0.2, 0.25) is 0 Å². The molecule has 0 atom stereocenters. The normalized spacial score (nSPS) is 16.5. The van der Waals surface area contributed by atoms with Crippen LogP contribution in [0.25, 0.3) is 10.9 Å². The first kappa shape index (κ1) is 12.3. The van der Waals surface area contributed by atoms with E-state index >= 15 is 0 Å². The number of benzene rings is 1. The molecule has 1 amide bonds. The number of carbonyl (C=O) groups excluding carboxylic acids is 1. The van der Waals surface area contributed by atoms with Gasteiger partial charge in [-0.2, -0.15) is 0 Å². The van der Waals surface area contributed by atoms with E-state index < -0.39 is 0 Å². The van der Waals surface area contributed by atoms with Crippen molar-refractivity contribution in [3.8, 4) is 0 Å². The number of hydrogen-bond acceptors (Lipinski definition) is 1. The summed E-state index contributed by atoms with van der Waals surface area (Å²) in [5.74, 6) is 0.0467. The van der Waals surface area contributed by atoms with Crippen LogP contribution in [-0.4, -0.2) is 17.4 Å². The molecule has 0 bridgehead atoms. The van der Waals surface area contributed by atoms with Gasteiger partial charge in [0.15, 0.2) is 0 Å². The minimum atomic E-state index is 0.0467. The van der Waals surface area contributed by atoms with Crippen LogP contribution in [0, 0.1) is 5.41 Å². The fourth-order valence-electron chi connectivity index (χ4n) is 2.79. The van der Waals surface area contributed by atoms with Gasteiger partial charge >= 0.3 is 0 Å². The number of fused-ring (bicyclic) bond motifs is 1. The predicted molar refractivity (Wildman–Crippen MR) is 77.2 cm³/mol. The molecule has 1 aromatic heterocycles. The fraction of sp³-hybridized carbons (Fsp3) is 0.438. The number of hydrogen-bond donors (Lipinski definition) is 2. The molecule has 1 aromatic carbocycles. The molecule has 19 heavy (non-hydrogen) atoms. The Labute approximate surface area is 113 Å². The van der Waals surface area contributed by atoms with E-state index in [-0.39, 0.29) is 5.91 Å². The largest absolute Gasteiger partial charge is 0.361 e. The summed E-state index contributed by atoms with van der Waals surface area (Å²) in [6.45, 7) is 3.03. The molecule has 3 heteroatoms. The van der Waals surface area contributed by atoms with E-state index in [1.54, 1.807) is 0 Å². The molecular weight excluding hydrogens is 236 g/mol. The average molecular weight is 256 g/mol. The highest BCUT2D eigenvalue weighted by Crippen LogP contribution is 2.48. The molecule has 3 rings (SSSR count).